The lowest BCUT2D eigenvalue weighted by atomic mass is 10.1. The molecule has 3 heterocycles. The van der Waals surface area contributed by atoms with E-state index < -0.39 is 11.7 Å². The number of likely N-dealkylation sites (N-methyl/N-ethyl adjacent to an activating group) is 1. The monoisotopic (exact) mass is 329 g/mol. The van der Waals surface area contributed by atoms with Crippen molar-refractivity contribution in [3.8, 4) is 5.75 Å². The molecular formula is C16H15N3O5. The molecule has 0 spiro atoms. The minimum absolute atomic E-state index is 0.00495. The number of allylic oxidation sites excluding steroid dienone is 1. The summed E-state index contributed by atoms with van der Waals surface area (Å²) in [5, 5.41) is 28.6. The van der Waals surface area contributed by atoms with Gasteiger partial charge >= 0.3 is 5.97 Å². The molecule has 1 aliphatic heterocycles. The number of carbonyl (C=O) groups is 1. The van der Waals surface area contributed by atoms with Gasteiger partial charge in [-0.3, -0.25) is 0 Å². The molecule has 0 saturated carbocycles. The van der Waals surface area contributed by atoms with Crippen LogP contribution >= 0.6 is 0 Å². The Morgan fingerprint density at radius 3 is 2.96 bits per heavy atom. The first-order valence-electron chi connectivity index (χ1n) is 7.15. The zero-order chi connectivity index (χ0) is 17.3. The number of anilines is 1. The Kier molecular flexibility index (Phi) is 4.05. The fourth-order valence-corrected chi connectivity index (χ4v) is 2.42. The molecule has 0 radical (unpaired) electrons. The molecule has 24 heavy (non-hydrogen) atoms. The van der Waals surface area contributed by atoms with Crippen molar-refractivity contribution in [2.24, 2.45) is 4.99 Å². The third-order valence-electron chi connectivity index (χ3n) is 3.60. The van der Waals surface area contributed by atoms with Gasteiger partial charge in [0.05, 0.1) is 6.61 Å². The van der Waals surface area contributed by atoms with Crippen LogP contribution in [-0.2, 0) is 0 Å². The number of aromatic hydroxyl groups is 1. The molecular weight excluding hydrogens is 314 g/mol. The maximum absolute atomic E-state index is 11.4. The highest BCUT2D eigenvalue weighted by molar-refractivity contribution is 6.21. The number of aromatic nitrogens is 1. The van der Waals surface area contributed by atoms with Crippen molar-refractivity contribution in [2.75, 3.05) is 25.1 Å². The van der Waals surface area contributed by atoms with Crippen LogP contribution in [0.2, 0.25) is 0 Å². The van der Waals surface area contributed by atoms with Crippen LogP contribution in [0.5, 0.6) is 5.75 Å². The highest BCUT2D eigenvalue weighted by Gasteiger charge is 2.27. The number of hydrogen-bond donors (Lipinski definition) is 3. The van der Waals surface area contributed by atoms with Gasteiger partial charge in [0, 0.05) is 37.1 Å². The van der Waals surface area contributed by atoms with Crippen LogP contribution in [0.3, 0.4) is 0 Å². The topological polar surface area (TPSA) is 119 Å². The number of aromatic carboxylic acids is 1. The summed E-state index contributed by atoms with van der Waals surface area (Å²) < 4.78 is 5.52. The molecule has 0 saturated heterocycles. The minimum atomic E-state index is -1.32. The molecule has 0 amide bonds. The maximum Gasteiger partial charge on any atom is 0.345 e. The number of aliphatic imine (C=N–C) groups is 1. The number of hydrogen-bond acceptors (Lipinski definition) is 7. The summed E-state index contributed by atoms with van der Waals surface area (Å²) in [5.41, 5.74) is 1.06. The average molecular weight is 329 g/mol. The van der Waals surface area contributed by atoms with Crippen molar-refractivity contribution in [3.63, 3.8) is 0 Å². The number of carboxylic acid groups (broad SMARTS) is 1. The SMILES string of the molecule is CN(CCO)c1oc(C=C2C=Nc3ncccc32)c(O)c1C(=O)O. The molecule has 1 aliphatic rings. The van der Waals surface area contributed by atoms with Gasteiger partial charge in [-0.25, -0.2) is 14.8 Å². The van der Waals surface area contributed by atoms with Crippen LogP contribution in [0.15, 0.2) is 27.7 Å². The average Bonchev–Trinajstić information content (AvgIpc) is 3.10. The van der Waals surface area contributed by atoms with Crippen LogP contribution in [-0.4, -0.2) is 52.7 Å². The van der Waals surface area contributed by atoms with E-state index in [0.717, 1.165) is 5.56 Å². The number of rotatable bonds is 5. The Hall–Kier alpha value is -3.13. The van der Waals surface area contributed by atoms with Gasteiger partial charge in [0.2, 0.25) is 5.88 Å². The smallest absolute Gasteiger partial charge is 0.345 e. The van der Waals surface area contributed by atoms with Gasteiger partial charge in [0.1, 0.15) is 0 Å². The molecule has 0 atom stereocenters. The molecule has 8 heteroatoms. The Labute approximate surface area is 137 Å². The van der Waals surface area contributed by atoms with Gasteiger partial charge in [-0.05, 0) is 18.2 Å². The maximum atomic E-state index is 11.4. The number of nitrogens with zero attached hydrogens (tertiary/aromatic N) is 3. The van der Waals surface area contributed by atoms with Crippen molar-refractivity contribution in [1.29, 1.82) is 0 Å². The Bertz CT molecular complexity index is 853. The van der Waals surface area contributed by atoms with Gasteiger partial charge in [0.25, 0.3) is 0 Å². The van der Waals surface area contributed by atoms with Crippen LogP contribution < -0.4 is 4.90 Å². The number of carboxylic acids is 1. The Morgan fingerprint density at radius 1 is 1.46 bits per heavy atom. The second-order valence-electron chi connectivity index (χ2n) is 5.18. The normalized spacial score (nSPS) is 14.2. The second-order valence-corrected chi connectivity index (χ2v) is 5.18. The molecule has 0 fully saturated rings. The first-order valence-corrected chi connectivity index (χ1v) is 7.15. The zero-order valence-corrected chi connectivity index (χ0v) is 12.8. The van der Waals surface area contributed by atoms with Gasteiger partial charge < -0.3 is 24.6 Å². The fourth-order valence-electron chi connectivity index (χ4n) is 2.42. The lowest BCUT2D eigenvalue weighted by Crippen LogP contribution is -2.22. The third-order valence-corrected chi connectivity index (χ3v) is 3.60. The molecule has 2 aromatic heterocycles. The van der Waals surface area contributed by atoms with Crippen molar-refractivity contribution < 1.29 is 24.5 Å². The van der Waals surface area contributed by atoms with Crippen molar-refractivity contribution in [3.05, 3.63) is 35.2 Å². The molecule has 3 N–H and O–H groups in total. The number of fused-ring (bicyclic) bond motifs is 1. The van der Waals surface area contributed by atoms with E-state index in [1.54, 1.807) is 25.5 Å². The van der Waals surface area contributed by atoms with Gasteiger partial charge in [-0.1, -0.05) is 0 Å². The highest BCUT2D eigenvalue weighted by atomic mass is 16.4. The van der Waals surface area contributed by atoms with Crippen LogP contribution in [0.25, 0.3) is 11.6 Å². The van der Waals surface area contributed by atoms with E-state index in [0.29, 0.717) is 11.4 Å². The van der Waals surface area contributed by atoms with Crippen LogP contribution in [0.1, 0.15) is 21.7 Å². The largest absolute Gasteiger partial charge is 0.504 e. The summed E-state index contributed by atoms with van der Waals surface area (Å²) in [6.45, 7) is -0.0173. The standard InChI is InChI=1S/C16H15N3O5/c1-19(5-6-20)15-12(16(22)23)13(21)11(24-15)7-9-8-18-14-10(9)3-2-4-17-14/h2-4,7-8,20-21H,5-6H2,1H3,(H,22,23). The lowest BCUT2D eigenvalue weighted by Gasteiger charge is -2.14. The van der Waals surface area contributed by atoms with E-state index in [9.17, 15) is 15.0 Å². The van der Waals surface area contributed by atoms with Gasteiger partial charge in [0.15, 0.2) is 22.9 Å². The number of pyridine rings is 1. The molecule has 2 aromatic rings. The van der Waals surface area contributed by atoms with Gasteiger partial charge in [-0.15, -0.1) is 0 Å². The van der Waals surface area contributed by atoms with Crippen LogP contribution in [0, 0.1) is 0 Å². The second kappa shape index (κ2) is 6.17. The van der Waals surface area contributed by atoms with Crippen LogP contribution in [0.4, 0.5) is 11.7 Å². The predicted octanol–water partition coefficient (Wildman–Crippen LogP) is 1.76. The Morgan fingerprint density at radius 2 is 2.25 bits per heavy atom. The summed E-state index contributed by atoms with van der Waals surface area (Å²) in [6.07, 6.45) is 4.69. The number of aliphatic hydroxyl groups excluding tert-OH is 1. The molecule has 3 rings (SSSR count). The molecule has 0 aliphatic carbocycles. The summed E-state index contributed by atoms with van der Waals surface area (Å²) in [6, 6.07) is 3.57. The van der Waals surface area contributed by atoms with E-state index >= 15 is 0 Å². The first kappa shape index (κ1) is 15.8. The molecule has 0 bridgehead atoms. The fraction of sp³-hybridized carbons (Fsp3) is 0.188. The quantitative estimate of drug-likeness (QED) is 0.764. The van der Waals surface area contributed by atoms with E-state index in [4.69, 9.17) is 9.52 Å². The van der Waals surface area contributed by atoms with Crippen molar-refractivity contribution in [1.82, 2.24) is 4.98 Å². The lowest BCUT2D eigenvalue weighted by molar-refractivity contribution is 0.0694. The van der Waals surface area contributed by atoms with E-state index in [-0.39, 0.29) is 30.4 Å². The molecule has 0 aromatic carbocycles. The van der Waals surface area contributed by atoms with Gasteiger partial charge in [-0.2, -0.15) is 0 Å². The zero-order valence-electron chi connectivity index (χ0n) is 12.8. The predicted molar refractivity (Wildman–Crippen MR) is 87.9 cm³/mol. The highest BCUT2D eigenvalue weighted by Crippen LogP contribution is 2.38. The number of furan rings is 1. The summed E-state index contributed by atoms with van der Waals surface area (Å²) >= 11 is 0. The third kappa shape index (κ3) is 2.63. The van der Waals surface area contributed by atoms with E-state index in [1.165, 1.54) is 11.0 Å². The molecule has 124 valence electrons. The Balaban J connectivity index is 2.07. The van der Waals surface area contributed by atoms with E-state index in [1.807, 2.05) is 6.07 Å². The molecule has 8 nitrogen and oxygen atoms in total. The molecule has 0 unspecified atom stereocenters. The first-order chi connectivity index (χ1) is 11.5. The summed E-state index contributed by atoms with van der Waals surface area (Å²) in [4.78, 5) is 21.1. The number of aliphatic hydroxyl groups is 1. The summed E-state index contributed by atoms with van der Waals surface area (Å²) in [7, 11) is 1.56. The van der Waals surface area contributed by atoms with E-state index in [2.05, 4.69) is 9.98 Å². The van der Waals surface area contributed by atoms with Crippen molar-refractivity contribution in [2.45, 2.75) is 0 Å². The summed E-state index contributed by atoms with van der Waals surface area (Å²) in [5.74, 6) is -1.26. The minimum Gasteiger partial charge on any atom is -0.504 e. The van der Waals surface area contributed by atoms with Crippen molar-refractivity contribution >= 4 is 35.5 Å².